The Morgan fingerprint density at radius 3 is 2.77 bits per heavy atom. The molecule has 31 heavy (non-hydrogen) atoms. The van der Waals surface area contributed by atoms with Gasteiger partial charge in [-0.25, -0.2) is 4.98 Å². The quantitative estimate of drug-likeness (QED) is 0.552. The minimum absolute atomic E-state index is 0.160. The second-order valence-electron chi connectivity index (χ2n) is 8.21. The van der Waals surface area contributed by atoms with E-state index in [0.29, 0.717) is 24.0 Å². The topological polar surface area (TPSA) is 121 Å². The van der Waals surface area contributed by atoms with Gasteiger partial charge in [-0.05, 0) is 66.5 Å². The summed E-state index contributed by atoms with van der Waals surface area (Å²) in [4.78, 5) is 45.9. The predicted octanol–water partition coefficient (Wildman–Crippen LogP) is 2.75. The monoisotopic (exact) mass is 419 g/mol. The lowest BCUT2D eigenvalue weighted by Crippen LogP contribution is -2.46. The highest BCUT2D eigenvalue weighted by Gasteiger charge is 2.34. The zero-order valence-electron chi connectivity index (χ0n) is 17.5. The molecule has 1 saturated heterocycles. The Kier molecular flexibility index (Phi) is 5.46. The van der Waals surface area contributed by atoms with Gasteiger partial charge in [-0.2, -0.15) is 0 Å². The van der Waals surface area contributed by atoms with E-state index in [1.807, 2.05) is 18.2 Å². The molecule has 0 aliphatic carbocycles. The Bertz CT molecular complexity index is 1220. The van der Waals surface area contributed by atoms with Crippen LogP contribution in [0.25, 0.3) is 10.9 Å². The van der Waals surface area contributed by atoms with Crippen LogP contribution < -0.4 is 16.6 Å². The molecular weight excluding hydrogens is 394 g/mol. The summed E-state index contributed by atoms with van der Waals surface area (Å²) in [6.07, 6.45) is 3.16. The SMILES string of the molecule is Cc1cc(NC(=O)C(=O)N2C[C@@H](C)CC[C@@H]2c2ccc3[nH]c(=O)ccc3c2)cnc1N. The van der Waals surface area contributed by atoms with Gasteiger partial charge < -0.3 is 20.9 Å². The van der Waals surface area contributed by atoms with E-state index >= 15 is 0 Å². The number of benzene rings is 1. The lowest BCUT2D eigenvalue weighted by atomic mass is 9.89. The van der Waals surface area contributed by atoms with Crippen LogP contribution in [0.5, 0.6) is 0 Å². The Balaban J connectivity index is 1.60. The summed E-state index contributed by atoms with van der Waals surface area (Å²) in [6.45, 7) is 4.36. The standard InChI is InChI=1S/C23H25N5O3/c1-13-3-7-19(16-4-6-18-15(10-16)5-8-20(29)27-18)28(12-13)23(31)22(30)26-17-9-14(2)21(24)25-11-17/h4-6,8-11,13,19H,3,7,12H2,1-2H3,(H2,24,25)(H,26,30)(H,27,29)/t13-,19+/m0/s1. The van der Waals surface area contributed by atoms with Crippen LogP contribution in [-0.2, 0) is 9.59 Å². The van der Waals surface area contributed by atoms with Crippen molar-refractivity contribution >= 4 is 34.2 Å². The highest BCUT2D eigenvalue weighted by Crippen LogP contribution is 2.34. The number of likely N-dealkylation sites (tertiary alicyclic amines) is 1. The molecule has 3 aromatic rings. The van der Waals surface area contributed by atoms with E-state index < -0.39 is 11.8 Å². The maximum Gasteiger partial charge on any atom is 0.313 e. The first-order valence-electron chi connectivity index (χ1n) is 10.3. The second kappa shape index (κ2) is 8.22. The molecule has 1 aliphatic rings. The number of aromatic nitrogens is 2. The van der Waals surface area contributed by atoms with Gasteiger partial charge in [-0.15, -0.1) is 0 Å². The zero-order chi connectivity index (χ0) is 22.1. The minimum Gasteiger partial charge on any atom is -0.383 e. The number of nitrogens with one attached hydrogen (secondary N) is 2. The Hall–Kier alpha value is -3.68. The van der Waals surface area contributed by atoms with Gasteiger partial charge in [0.05, 0.1) is 17.9 Å². The number of pyridine rings is 2. The van der Waals surface area contributed by atoms with Crippen LogP contribution in [0.4, 0.5) is 11.5 Å². The largest absolute Gasteiger partial charge is 0.383 e. The number of nitrogens with two attached hydrogens (primary N) is 1. The smallest absolute Gasteiger partial charge is 0.313 e. The number of aryl methyl sites for hydroxylation is 1. The van der Waals surface area contributed by atoms with E-state index in [2.05, 4.69) is 22.2 Å². The fraction of sp³-hybridized carbons (Fsp3) is 0.304. The number of anilines is 2. The molecule has 8 heteroatoms. The van der Waals surface area contributed by atoms with Crippen molar-refractivity contribution < 1.29 is 9.59 Å². The van der Waals surface area contributed by atoms with Gasteiger partial charge in [0.1, 0.15) is 5.82 Å². The van der Waals surface area contributed by atoms with Crippen LogP contribution in [0.1, 0.15) is 36.9 Å². The average Bonchev–Trinajstić information content (AvgIpc) is 2.75. The van der Waals surface area contributed by atoms with Gasteiger partial charge in [0.15, 0.2) is 0 Å². The van der Waals surface area contributed by atoms with Crippen LogP contribution in [-0.4, -0.2) is 33.2 Å². The van der Waals surface area contributed by atoms with Gasteiger partial charge in [-0.3, -0.25) is 14.4 Å². The molecule has 0 bridgehead atoms. The lowest BCUT2D eigenvalue weighted by Gasteiger charge is -2.38. The molecule has 2 aromatic heterocycles. The van der Waals surface area contributed by atoms with E-state index in [1.54, 1.807) is 24.0 Å². The molecule has 2 atom stereocenters. The number of nitrogens with zero attached hydrogens (tertiary/aromatic N) is 2. The Morgan fingerprint density at radius 2 is 2.00 bits per heavy atom. The first-order chi connectivity index (χ1) is 14.8. The number of piperidine rings is 1. The maximum absolute atomic E-state index is 13.1. The molecule has 3 heterocycles. The van der Waals surface area contributed by atoms with Crippen LogP contribution >= 0.6 is 0 Å². The fourth-order valence-corrected chi connectivity index (χ4v) is 4.07. The third kappa shape index (κ3) is 4.28. The van der Waals surface area contributed by atoms with Crippen molar-refractivity contribution in [1.29, 1.82) is 0 Å². The fourth-order valence-electron chi connectivity index (χ4n) is 4.07. The van der Waals surface area contributed by atoms with Crippen molar-refractivity contribution in [2.75, 3.05) is 17.6 Å². The second-order valence-corrected chi connectivity index (χ2v) is 8.21. The van der Waals surface area contributed by atoms with Gasteiger partial charge in [-0.1, -0.05) is 13.0 Å². The molecule has 4 rings (SSSR count). The summed E-state index contributed by atoms with van der Waals surface area (Å²) in [7, 11) is 0. The van der Waals surface area contributed by atoms with Crippen LogP contribution in [0.3, 0.4) is 0 Å². The molecule has 0 radical (unpaired) electrons. The van der Waals surface area contributed by atoms with E-state index in [0.717, 1.165) is 34.9 Å². The molecular formula is C23H25N5O3. The third-order valence-electron chi connectivity index (χ3n) is 5.78. The van der Waals surface area contributed by atoms with E-state index in [9.17, 15) is 14.4 Å². The average molecular weight is 419 g/mol. The summed E-state index contributed by atoms with van der Waals surface area (Å²) < 4.78 is 0. The van der Waals surface area contributed by atoms with Crippen molar-refractivity contribution in [2.45, 2.75) is 32.7 Å². The van der Waals surface area contributed by atoms with Crippen molar-refractivity contribution in [3.05, 3.63) is 64.1 Å². The number of carbonyl (C=O) groups is 2. The molecule has 1 fully saturated rings. The molecule has 1 aliphatic heterocycles. The number of carbonyl (C=O) groups excluding carboxylic acids is 2. The van der Waals surface area contributed by atoms with E-state index in [4.69, 9.17) is 5.73 Å². The normalized spacial score (nSPS) is 18.7. The summed E-state index contributed by atoms with van der Waals surface area (Å²) in [6, 6.07) is 10.4. The Labute approximate surface area is 179 Å². The summed E-state index contributed by atoms with van der Waals surface area (Å²) >= 11 is 0. The van der Waals surface area contributed by atoms with E-state index in [1.165, 1.54) is 12.3 Å². The van der Waals surface area contributed by atoms with Crippen LogP contribution in [0.2, 0.25) is 0 Å². The number of aromatic amines is 1. The summed E-state index contributed by atoms with van der Waals surface area (Å²) in [5, 5.41) is 3.53. The molecule has 0 saturated carbocycles. The van der Waals surface area contributed by atoms with Gasteiger partial charge in [0, 0.05) is 18.1 Å². The third-order valence-corrected chi connectivity index (χ3v) is 5.78. The van der Waals surface area contributed by atoms with Crippen LogP contribution in [0, 0.1) is 12.8 Å². The molecule has 160 valence electrons. The van der Waals surface area contributed by atoms with Gasteiger partial charge in [0.2, 0.25) is 5.56 Å². The summed E-state index contributed by atoms with van der Waals surface area (Å²) in [5.41, 5.74) is 8.40. The number of amides is 2. The number of nitrogen functional groups attached to an aromatic ring is 1. The number of rotatable bonds is 2. The molecule has 1 aromatic carbocycles. The minimum atomic E-state index is -0.699. The van der Waals surface area contributed by atoms with E-state index in [-0.39, 0.29) is 11.6 Å². The molecule has 4 N–H and O–H groups in total. The number of H-pyrrole nitrogens is 1. The van der Waals surface area contributed by atoms with Crippen molar-refractivity contribution in [2.24, 2.45) is 5.92 Å². The molecule has 0 spiro atoms. The highest BCUT2D eigenvalue weighted by atomic mass is 16.2. The lowest BCUT2D eigenvalue weighted by molar-refractivity contribution is -0.146. The first kappa shape index (κ1) is 20.6. The summed E-state index contributed by atoms with van der Waals surface area (Å²) in [5.74, 6) is -0.597. The highest BCUT2D eigenvalue weighted by molar-refractivity contribution is 6.39. The predicted molar refractivity (Wildman–Crippen MR) is 119 cm³/mol. The van der Waals surface area contributed by atoms with Gasteiger partial charge in [0.25, 0.3) is 0 Å². The van der Waals surface area contributed by atoms with Gasteiger partial charge >= 0.3 is 11.8 Å². The molecule has 8 nitrogen and oxygen atoms in total. The maximum atomic E-state index is 13.1. The van der Waals surface area contributed by atoms with Crippen LogP contribution in [0.15, 0.2) is 47.4 Å². The zero-order valence-corrected chi connectivity index (χ0v) is 17.5. The van der Waals surface area contributed by atoms with Crippen molar-refractivity contribution in [1.82, 2.24) is 14.9 Å². The number of hydrogen-bond donors (Lipinski definition) is 3. The molecule has 2 amide bonds. The van der Waals surface area contributed by atoms with Crippen molar-refractivity contribution in [3.8, 4) is 0 Å². The molecule has 0 unspecified atom stereocenters. The Morgan fingerprint density at radius 1 is 1.19 bits per heavy atom. The van der Waals surface area contributed by atoms with Crippen molar-refractivity contribution in [3.63, 3.8) is 0 Å². The first-order valence-corrected chi connectivity index (χ1v) is 10.3. The number of hydrogen-bond acceptors (Lipinski definition) is 5. The number of fused-ring (bicyclic) bond motifs is 1.